The topological polar surface area (TPSA) is 91.9 Å². The summed E-state index contributed by atoms with van der Waals surface area (Å²) in [6, 6.07) is 0. The van der Waals surface area contributed by atoms with E-state index in [1.54, 1.807) is 20.8 Å². The van der Waals surface area contributed by atoms with Gasteiger partial charge in [-0.25, -0.2) is 8.42 Å². The van der Waals surface area contributed by atoms with Gasteiger partial charge in [0.1, 0.15) is 4.90 Å². The van der Waals surface area contributed by atoms with Gasteiger partial charge >= 0.3 is 0 Å². The van der Waals surface area contributed by atoms with Crippen molar-refractivity contribution in [2.24, 2.45) is 0 Å². The van der Waals surface area contributed by atoms with Crippen LogP contribution in [0.5, 0.6) is 0 Å². The van der Waals surface area contributed by atoms with E-state index in [0.29, 0.717) is 18.5 Å². The van der Waals surface area contributed by atoms with E-state index in [4.69, 9.17) is 10.7 Å². The molecule has 2 N–H and O–H groups in total. The summed E-state index contributed by atoms with van der Waals surface area (Å²) in [4.78, 5) is 11.8. The molecule has 1 aromatic heterocycles. The van der Waals surface area contributed by atoms with Crippen LogP contribution in [0.1, 0.15) is 50.3 Å². The second kappa shape index (κ2) is 5.50. The van der Waals surface area contributed by atoms with Gasteiger partial charge in [-0.15, -0.1) is 0 Å². The predicted molar refractivity (Wildman–Crippen MR) is 72.8 cm³/mol. The Labute approximate surface area is 117 Å². The third-order valence-corrected chi connectivity index (χ3v) is 3.63. The largest absolute Gasteiger partial charge is 0.346 e. The number of rotatable bonds is 4. The Morgan fingerprint density at radius 3 is 2.42 bits per heavy atom. The number of nitrogens with zero attached hydrogens (tertiary/aromatic N) is 1. The number of aromatic nitrogens is 2. The molecule has 1 rings (SSSR count). The Balaban J connectivity index is 3.26. The number of amides is 1. The number of nitrogens with one attached hydrogen (secondary N) is 2. The van der Waals surface area contributed by atoms with E-state index in [2.05, 4.69) is 15.5 Å². The predicted octanol–water partition coefficient (Wildman–Crippen LogP) is 1.82. The van der Waals surface area contributed by atoms with Crippen molar-refractivity contribution >= 4 is 25.6 Å². The number of hydrogen-bond acceptors (Lipinski definition) is 4. The van der Waals surface area contributed by atoms with Crippen molar-refractivity contribution in [1.29, 1.82) is 0 Å². The van der Waals surface area contributed by atoms with Crippen LogP contribution in [0.15, 0.2) is 4.90 Å². The van der Waals surface area contributed by atoms with Gasteiger partial charge in [0.2, 0.25) is 0 Å². The van der Waals surface area contributed by atoms with Crippen LogP contribution in [0.4, 0.5) is 0 Å². The Kier molecular flexibility index (Phi) is 4.63. The van der Waals surface area contributed by atoms with Crippen LogP contribution in [-0.4, -0.2) is 30.1 Å². The zero-order valence-electron chi connectivity index (χ0n) is 11.4. The fourth-order valence-electron chi connectivity index (χ4n) is 1.60. The van der Waals surface area contributed by atoms with Crippen molar-refractivity contribution in [1.82, 2.24) is 15.5 Å². The van der Waals surface area contributed by atoms with Gasteiger partial charge in [0.15, 0.2) is 5.69 Å². The van der Waals surface area contributed by atoms with E-state index in [9.17, 15) is 13.2 Å². The molecule has 0 saturated heterocycles. The minimum atomic E-state index is -4.03. The summed E-state index contributed by atoms with van der Waals surface area (Å²) in [6.45, 7) is 7.26. The molecule has 6 nitrogen and oxygen atoms in total. The van der Waals surface area contributed by atoms with Gasteiger partial charge in [-0.3, -0.25) is 9.89 Å². The SMILES string of the molecule is CCCc1[nH]nc(C(=O)NC(C)(C)C)c1S(=O)(=O)Cl. The quantitative estimate of drug-likeness (QED) is 0.830. The summed E-state index contributed by atoms with van der Waals surface area (Å²) in [7, 11) is 1.37. The van der Waals surface area contributed by atoms with Crippen LogP contribution in [0.25, 0.3) is 0 Å². The minimum Gasteiger partial charge on any atom is -0.346 e. The highest BCUT2D eigenvalue weighted by Gasteiger charge is 2.29. The molecular weight excluding hydrogens is 290 g/mol. The first-order valence-corrected chi connectivity index (χ1v) is 8.21. The summed E-state index contributed by atoms with van der Waals surface area (Å²) in [5, 5.41) is 9.02. The minimum absolute atomic E-state index is 0.187. The van der Waals surface area contributed by atoms with E-state index in [0.717, 1.165) is 0 Å². The monoisotopic (exact) mass is 307 g/mol. The third-order valence-electron chi connectivity index (χ3n) is 2.24. The van der Waals surface area contributed by atoms with Crippen LogP contribution in [0.2, 0.25) is 0 Å². The normalized spacial score (nSPS) is 12.5. The molecule has 1 heterocycles. The average molecular weight is 308 g/mol. The number of aromatic amines is 1. The van der Waals surface area contributed by atoms with Crippen molar-refractivity contribution in [2.45, 2.75) is 51.0 Å². The Morgan fingerprint density at radius 1 is 1.42 bits per heavy atom. The van der Waals surface area contributed by atoms with Crippen LogP contribution in [0.3, 0.4) is 0 Å². The highest BCUT2D eigenvalue weighted by Crippen LogP contribution is 2.24. The molecule has 1 amide bonds. The van der Waals surface area contributed by atoms with Gasteiger partial charge in [0.25, 0.3) is 15.0 Å². The molecule has 1 aromatic rings. The third kappa shape index (κ3) is 4.21. The number of H-pyrrole nitrogens is 1. The maximum atomic E-state index is 12.0. The molecule has 0 aliphatic carbocycles. The van der Waals surface area contributed by atoms with E-state index >= 15 is 0 Å². The van der Waals surface area contributed by atoms with Crippen molar-refractivity contribution in [3.63, 3.8) is 0 Å². The highest BCUT2D eigenvalue weighted by molar-refractivity contribution is 8.13. The molecule has 0 bridgehead atoms. The van der Waals surface area contributed by atoms with Crippen LogP contribution >= 0.6 is 10.7 Å². The lowest BCUT2D eigenvalue weighted by atomic mass is 10.1. The lowest BCUT2D eigenvalue weighted by Crippen LogP contribution is -2.41. The zero-order chi connectivity index (χ0) is 14.8. The van der Waals surface area contributed by atoms with Gasteiger partial charge in [0, 0.05) is 16.2 Å². The van der Waals surface area contributed by atoms with Gasteiger partial charge in [0.05, 0.1) is 5.69 Å². The van der Waals surface area contributed by atoms with Gasteiger partial charge < -0.3 is 5.32 Å². The second-order valence-electron chi connectivity index (χ2n) is 5.27. The van der Waals surface area contributed by atoms with Crippen LogP contribution in [0, 0.1) is 0 Å². The van der Waals surface area contributed by atoms with E-state index in [-0.39, 0.29) is 10.6 Å². The molecule has 0 fully saturated rings. The van der Waals surface area contributed by atoms with E-state index < -0.39 is 20.5 Å². The lowest BCUT2D eigenvalue weighted by molar-refractivity contribution is 0.0911. The smallest absolute Gasteiger partial charge is 0.273 e. The first-order chi connectivity index (χ1) is 8.56. The molecule has 0 atom stereocenters. The summed E-state index contributed by atoms with van der Waals surface area (Å²) in [5.41, 5.74) is -0.321. The van der Waals surface area contributed by atoms with Crippen LogP contribution in [-0.2, 0) is 15.5 Å². The Morgan fingerprint density at radius 2 is 2.00 bits per heavy atom. The number of halogens is 1. The number of carbonyl (C=O) groups is 1. The summed E-state index contributed by atoms with van der Waals surface area (Å²) >= 11 is 0. The summed E-state index contributed by atoms with van der Waals surface area (Å²) in [6.07, 6.45) is 1.17. The molecule has 0 unspecified atom stereocenters. The molecule has 0 saturated carbocycles. The molecule has 0 radical (unpaired) electrons. The van der Waals surface area contributed by atoms with Crippen molar-refractivity contribution in [3.8, 4) is 0 Å². The standard InChI is InChI=1S/C11H18ClN3O3S/c1-5-6-7-9(19(12,17)18)8(15-14-7)10(16)13-11(2,3)4/h5-6H2,1-4H3,(H,13,16)(H,14,15). The fraction of sp³-hybridized carbons (Fsp3) is 0.636. The zero-order valence-corrected chi connectivity index (χ0v) is 12.9. The first-order valence-electron chi connectivity index (χ1n) is 5.90. The molecule has 19 heavy (non-hydrogen) atoms. The van der Waals surface area contributed by atoms with Crippen molar-refractivity contribution in [2.75, 3.05) is 0 Å². The lowest BCUT2D eigenvalue weighted by Gasteiger charge is -2.19. The fourth-order valence-corrected chi connectivity index (χ4v) is 2.91. The van der Waals surface area contributed by atoms with E-state index in [1.165, 1.54) is 0 Å². The number of aryl methyl sites for hydroxylation is 1. The highest BCUT2D eigenvalue weighted by atomic mass is 35.7. The molecule has 108 valence electrons. The molecule has 0 spiro atoms. The maximum absolute atomic E-state index is 12.0. The average Bonchev–Trinajstić information content (AvgIpc) is 2.58. The van der Waals surface area contributed by atoms with Crippen molar-refractivity contribution < 1.29 is 13.2 Å². The molecule has 0 aromatic carbocycles. The van der Waals surface area contributed by atoms with Crippen molar-refractivity contribution in [3.05, 3.63) is 11.4 Å². The van der Waals surface area contributed by atoms with E-state index in [1.807, 2.05) is 6.92 Å². The second-order valence-corrected chi connectivity index (χ2v) is 7.77. The van der Waals surface area contributed by atoms with Crippen LogP contribution < -0.4 is 5.32 Å². The van der Waals surface area contributed by atoms with Gasteiger partial charge in [-0.1, -0.05) is 13.3 Å². The summed E-state index contributed by atoms with van der Waals surface area (Å²) in [5.74, 6) is -0.565. The number of carbonyl (C=O) groups excluding carboxylic acids is 1. The molecule has 0 aliphatic rings. The molecule has 0 aliphatic heterocycles. The van der Waals surface area contributed by atoms with Gasteiger partial charge in [-0.05, 0) is 27.2 Å². The maximum Gasteiger partial charge on any atom is 0.273 e. The number of hydrogen-bond donors (Lipinski definition) is 2. The van der Waals surface area contributed by atoms with Gasteiger partial charge in [-0.2, -0.15) is 5.10 Å². The molecular formula is C11H18ClN3O3S. The Hall–Kier alpha value is -1.08. The Bertz CT molecular complexity index is 572. The molecule has 8 heteroatoms. The first kappa shape index (κ1) is 16.0. The summed E-state index contributed by atoms with van der Waals surface area (Å²) < 4.78 is 23.2.